The van der Waals surface area contributed by atoms with Crippen molar-refractivity contribution in [1.82, 2.24) is 0 Å². The van der Waals surface area contributed by atoms with Crippen molar-refractivity contribution in [2.75, 3.05) is 0 Å². The van der Waals surface area contributed by atoms with Crippen LogP contribution < -0.4 is 0 Å². The van der Waals surface area contributed by atoms with Crippen molar-refractivity contribution in [2.24, 2.45) is 10.8 Å². The van der Waals surface area contributed by atoms with E-state index in [1.54, 1.807) is 0 Å². The molecule has 0 radical (unpaired) electrons. The Hall–Kier alpha value is -0.0700. The summed E-state index contributed by atoms with van der Waals surface area (Å²) in [5.74, 6) is 0. The highest BCUT2D eigenvalue weighted by Crippen LogP contribution is 2.34. The molecule has 0 amide bonds. The van der Waals surface area contributed by atoms with Gasteiger partial charge in [-0.15, -0.1) is 0 Å². The molecule has 0 N–H and O–H groups in total. The summed E-state index contributed by atoms with van der Waals surface area (Å²) in [4.78, 5) is 0. The van der Waals surface area contributed by atoms with Gasteiger partial charge in [0, 0.05) is 0 Å². The van der Waals surface area contributed by atoms with Gasteiger partial charge >= 0.3 is 0 Å². The van der Waals surface area contributed by atoms with Crippen LogP contribution in [-0.4, -0.2) is 6.17 Å². The Kier molecular flexibility index (Phi) is 3.74. The van der Waals surface area contributed by atoms with Crippen molar-refractivity contribution in [3.8, 4) is 0 Å². The first-order valence-corrected chi connectivity index (χ1v) is 4.83. The van der Waals surface area contributed by atoms with E-state index < -0.39 is 6.17 Å². The summed E-state index contributed by atoms with van der Waals surface area (Å²) < 4.78 is 13.6. The second kappa shape index (κ2) is 3.76. The summed E-state index contributed by atoms with van der Waals surface area (Å²) in [5.41, 5.74) is -0.0564. The van der Waals surface area contributed by atoms with E-state index >= 15 is 0 Å². The summed E-state index contributed by atoms with van der Waals surface area (Å²) in [5, 5.41) is 0. The van der Waals surface area contributed by atoms with Crippen LogP contribution in [0.2, 0.25) is 0 Å². The van der Waals surface area contributed by atoms with E-state index in [0.29, 0.717) is 6.42 Å². The van der Waals surface area contributed by atoms with Crippen LogP contribution in [0.3, 0.4) is 0 Å². The molecular weight excluding hydrogens is 151 g/mol. The molecule has 0 fully saturated rings. The van der Waals surface area contributed by atoms with Crippen LogP contribution in [0.5, 0.6) is 0 Å². The lowest BCUT2D eigenvalue weighted by molar-refractivity contribution is 0.102. The molecule has 12 heavy (non-hydrogen) atoms. The number of hydrogen-bond acceptors (Lipinski definition) is 0. The summed E-state index contributed by atoms with van der Waals surface area (Å²) in [6.07, 6.45) is 1.03. The number of alkyl halides is 1. The van der Waals surface area contributed by atoms with Gasteiger partial charge in [0.2, 0.25) is 0 Å². The van der Waals surface area contributed by atoms with Crippen LogP contribution in [-0.2, 0) is 0 Å². The third-order valence-corrected chi connectivity index (χ3v) is 2.63. The zero-order valence-electron chi connectivity index (χ0n) is 9.37. The average Bonchev–Trinajstić information content (AvgIpc) is 1.85. The molecule has 74 valence electrons. The first-order chi connectivity index (χ1) is 5.19. The highest BCUT2D eigenvalue weighted by atomic mass is 19.1. The van der Waals surface area contributed by atoms with E-state index in [-0.39, 0.29) is 10.8 Å². The van der Waals surface area contributed by atoms with Gasteiger partial charge in [-0.2, -0.15) is 0 Å². The van der Waals surface area contributed by atoms with Crippen LogP contribution in [0.1, 0.15) is 54.4 Å². The zero-order chi connectivity index (χ0) is 9.99. The SMILES string of the molecule is CCC(C)(C)CC(F)C(C)(C)C. The minimum absolute atomic E-state index is 0.146. The van der Waals surface area contributed by atoms with Gasteiger partial charge in [-0.1, -0.05) is 48.0 Å². The van der Waals surface area contributed by atoms with E-state index in [0.717, 1.165) is 6.42 Å². The Balaban J connectivity index is 4.09. The van der Waals surface area contributed by atoms with Gasteiger partial charge in [-0.25, -0.2) is 4.39 Å². The summed E-state index contributed by atoms with van der Waals surface area (Å²) in [6, 6.07) is 0. The monoisotopic (exact) mass is 174 g/mol. The maximum atomic E-state index is 13.6. The minimum atomic E-state index is -0.688. The van der Waals surface area contributed by atoms with Crippen LogP contribution in [0.4, 0.5) is 4.39 Å². The Labute approximate surface area is 76.6 Å². The van der Waals surface area contributed by atoms with Crippen molar-refractivity contribution in [3.05, 3.63) is 0 Å². The lowest BCUT2D eigenvalue weighted by Gasteiger charge is -2.31. The summed E-state index contributed by atoms with van der Waals surface area (Å²) in [6.45, 7) is 12.3. The molecule has 0 nitrogen and oxygen atoms in total. The number of rotatable bonds is 3. The lowest BCUT2D eigenvalue weighted by Crippen LogP contribution is -2.27. The Morgan fingerprint density at radius 3 is 1.75 bits per heavy atom. The van der Waals surface area contributed by atoms with Gasteiger partial charge in [0.1, 0.15) is 6.17 Å². The summed E-state index contributed by atoms with van der Waals surface area (Å²) >= 11 is 0. The van der Waals surface area contributed by atoms with Gasteiger partial charge in [0.05, 0.1) is 0 Å². The largest absolute Gasteiger partial charge is 0.247 e. The molecule has 0 rings (SSSR count). The van der Waals surface area contributed by atoms with Crippen LogP contribution in [0.15, 0.2) is 0 Å². The van der Waals surface area contributed by atoms with Crippen molar-refractivity contribution in [3.63, 3.8) is 0 Å². The Morgan fingerprint density at radius 1 is 1.08 bits per heavy atom. The molecule has 0 aromatic carbocycles. The molecule has 0 aromatic rings. The summed E-state index contributed by atoms with van der Waals surface area (Å²) in [7, 11) is 0. The van der Waals surface area contributed by atoms with Gasteiger partial charge in [0.25, 0.3) is 0 Å². The third kappa shape index (κ3) is 4.08. The highest BCUT2D eigenvalue weighted by molar-refractivity contribution is 4.79. The van der Waals surface area contributed by atoms with E-state index in [9.17, 15) is 4.39 Å². The molecular formula is C11H23F. The fourth-order valence-corrected chi connectivity index (χ4v) is 0.936. The van der Waals surface area contributed by atoms with E-state index in [4.69, 9.17) is 0 Å². The Bertz CT molecular complexity index is 130. The molecule has 0 aliphatic carbocycles. The van der Waals surface area contributed by atoms with Crippen LogP contribution >= 0.6 is 0 Å². The maximum Gasteiger partial charge on any atom is 0.105 e. The first kappa shape index (κ1) is 11.9. The maximum absolute atomic E-state index is 13.6. The Morgan fingerprint density at radius 2 is 1.50 bits per heavy atom. The first-order valence-electron chi connectivity index (χ1n) is 4.83. The molecule has 0 aliphatic heterocycles. The van der Waals surface area contributed by atoms with Crippen molar-refractivity contribution in [2.45, 2.75) is 60.6 Å². The molecule has 1 unspecified atom stereocenters. The molecule has 0 spiro atoms. The molecule has 0 heterocycles. The molecule has 0 bridgehead atoms. The third-order valence-electron chi connectivity index (χ3n) is 2.63. The molecule has 1 atom stereocenters. The smallest absolute Gasteiger partial charge is 0.105 e. The standard InChI is InChI=1S/C11H23F/c1-7-11(5,6)8-9(12)10(2,3)4/h9H,7-8H2,1-6H3. The molecule has 1 heteroatoms. The fraction of sp³-hybridized carbons (Fsp3) is 1.00. The van der Waals surface area contributed by atoms with Crippen LogP contribution in [0, 0.1) is 10.8 Å². The number of halogens is 1. The van der Waals surface area contributed by atoms with E-state index in [1.165, 1.54) is 0 Å². The van der Waals surface area contributed by atoms with E-state index in [1.807, 2.05) is 20.8 Å². The topological polar surface area (TPSA) is 0 Å². The highest BCUT2D eigenvalue weighted by Gasteiger charge is 2.29. The van der Waals surface area contributed by atoms with Gasteiger partial charge in [-0.05, 0) is 17.3 Å². The lowest BCUT2D eigenvalue weighted by atomic mass is 9.77. The van der Waals surface area contributed by atoms with Gasteiger partial charge < -0.3 is 0 Å². The predicted molar refractivity (Wildman–Crippen MR) is 53.0 cm³/mol. The molecule has 0 aliphatic rings. The van der Waals surface area contributed by atoms with Crippen LogP contribution in [0.25, 0.3) is 0 Å². The number of hydrogen-bond donors (Lipinski definition) is 0. The van der Waals surface area contributed by atoms with Gasteiger partial charge in [0.15, 0.2) is 0 Å². The zero-order valence-corrected chi connectivity index (χ0v) is 9.37. The normalized spacial score (nSPS) is 16.2. The fourth-order valence-electron chi connectivity index (χ4n) is 0.936. The second-order valence-corrected chi connectivity index (χ2v) is 5.56. The minimum Gasteiger partial charge on any atom is -0.247 e. The second-order valence-electron chi connectivity index (χ2n) is 5.56. The molecule has 0 saturated heterocycles. The molecule has 0 aromatic heterocycles. The van der Waals surface area contributed by atoms with Gasteiger partial charge in [-0.3, -0.25) is 0 Å². The molecule has 0 saturated carbocycles. The van der Waals surface area contributed by atoms with Crippen molar-refractivity contribution in [1.29, 1.82) is 0 Å². The van der Waals surface area contributed by atoms with Crippen molar-refractivity contribution < 1.29 is 4.39 Å². The quantitative estimate of drug-likeness (QED) is 0.601. The average molecular weight is 174 g/mol. The predicted octanol–water partition coefficient (Wildman–Crippen LogP) is 4.20. The van der Waals surface area contributed by atoms with Crippen molar-refractivity contribution >= 4 is 0 Å². The van der Waals surface area contributed by atoms with E-state index in [2.05, 4.69) is 20.8 Å².